The highest BCUT2D eigenvalue weighted by molar-refractivity contribution is 7.92. The van der Waals surface area contributed by atoms with Crippen molar-refractivity contribution >= 4 is 21.6 Å². The molecule has 2 aromatic rings. The zero-order valence-electron chi connectivity index (χ0n) is 15.1. The molecule has 0 spiro atoms. The molecule has 1 aliphatic rings. The smallest absolute Gasteiger partial charge is 0.261 e. The molecule has 0 bridgehead atoms. The average molecular weight is 392 g/mol. The maximum Gasteiger partial charge on any atom is 0.261 e. The molecular formula is C19H21FN2O4S. The number of hydrogen-bond acceptors (Lipinski definition) is 4. The summed E-state index contributed by atoms with van der Waals surface area (Å²) in [6.45, 7) is 4.77. The van der Waals surface area contributed by atoms with E-state index in [0.717, 1.165) is 0 Å². The maximum atomic E-state index is 13.7. The van der Waals surface area contributed by atoms with Crippen molar-refractivity contribution in [1.29, 1.82) is 0 Å². The molecule has 1 fully saturated rings. The Balaban J connectivity index is 1.76. The Kier molecular flexibility index (Phi) is 5.48. The number of nitrogens with one attached hydrogen (secondary N) is 1. The van der Waals surface area contributed by atoms with Gasteiger partial charge < -0.3 is 9.64 Å². The second-order valence-corrected chi connectivity index (χ2v) is 8.26. The molecule has 1 amide bonds. The molecule has 0 unspecified atom stereocenters. The number of carbonyl (C=O) groups is 1. The van der Waals surface area contributed by atoms with Crippen molar-refractivity contribution in [3.05, 3.63) is 59.9 Å². The van der Waals surface area contributed by atoms with Crippen molar-refractivity contribution in [3.63, 3.8) is 0 Å². The fourth-order valence-corrected chi connectivity index (χ4v) is 4.12. The third-order valence-electron chi connectivity index (χ3n) is 4.24. The minimum atomic E-state index is -3.96. The lowest BCUT2D eigenvalue weighted by Crippen LogP contribution is -2.48. The lowest BCUT2D eigenvalue weighted by Gasteiger charge is -2.35. The molecule has 6 nitrogen and oxygen atoms in total. The molecule has 1 heterocycles. The second kappa shape index (κ2) is 7.66. The molecule has 27 heavy (non-hydrogen) atoms. The highest BCUT2D eigenvalue weighted by Gasteiger charge is 2.27. The molecule has 144 valence electrons. The molecule has 2 atom stereocenters. The summed E-state index contributed by atoms with van der Waals surface area (Å²) in [6, 6.07) is 11.1. The van der Waals surface area contributed by atoms with Gasteiger partial charge in [-0.3, -0.25) is 9.52 Å². The van der Waals surface area contributed by atoms with Gasteiger partial charge in [0.25, 0.3) is 15.9 Å². The van der Waals surface area contributed by atoms with Gasteiger partial charge in [0.15, 0.2) is 0 Å². The van der Waals surface area contributed by atoms with E-state index in [1.165, 1.54) is 48.5 Å². The number of sulfonamides is 1. The van der Waals surface area contributed by atoms with E-state index in [2.05, 4.69) is 4.72 Å². The number of morpholine rings is 1. The quantitative estimate of drug-likeness (QED) is 0.868. The third kappa shape index (κ3) is 4.45. The second-order valence-electron chi connectivity index (χ2n) is 6.58. The highest BCUT2D eigenvalue weighted by Crippen LogP contribution is 2.20. The van der Waals surface area contributed by atoms with Crippen LogP contribution in [0.4, 0.5) is 10.1 Å². The van der Waals surface area contributed by atoms with Crippen molar-refractivity contribution in [2.75, 3.05) is 17.8 Å². The van der Waals surface area contributed by atoms with Gasteiger partial charge in [-0.15, -0.1) is 0 Å². The molecule has 3 rings (SSSR count). The number of halogens is 1. The number of carbonyl (C=O) groups excluding carboxylic acids is 1. The van der Waals surface area contributed by atoms with Crippen molar-refractivity contribution in [2.45, 2.75) is 31.0 Å². The summed E-state index contributed by atoms with van der Waals surface area (Å²) in [5.74, 6) is -0.841. The van der Waals surface area contributed by atoms with E-state index >= 15 is 0 Å². The van der Waals surface area contributed by atoms with E-state index in [1.807, 2.05) is 13.8 Å². The van der Waals surface area contributed by atoms with Crippen LogP contribution in [0.25, 0.3) is 0 Å². The summed E-state index contributed by atoms with van der Waals surface area (Å²) in [4.78, 5) is 14.3. The summed E-state index contributed by atoms with van der Waals surface area (Å²) >= 11 is 0. The standard InChI is InChI=1S/C19H21FN2O4S/c1-13-11-22(12-14(2)26-13)19(23)15-7-9-16(10-8-15)27(24,25)21-18-6-4-3-5-17(18)20/h3-10,13-14,21H,11-12H2,1-2H3/t13-,14-/m0/s1. The first-order valence-corrected chi connectivity index (χ1v) is 10.1. The lowest BCUT2D eigenvalue weighted by molar-refractivity contribution is -0.0586. The molecule has 0 saturated carbocycles. The molecule has 1 N–H and O–H groups in total. The predicted molar refractivity (Wildman–Crippen MR) is 99.6 cm³/mol. The molecule has 0 aliphatic carbocycles. The summed E-state index contributed by atoms with van der Waals surface area (Å²) < 4.78 is 46.4. The van der Waals surface area contributed by atoms with Gasteiger partial charge in [-0.05, 0) is 50.2 Å². The van der Waals surface area contributed by atoms with Gasteiger partial charge in [-0.25, -0.2) is 12.8 Å². The van der Waals surface area contributed by atoms with Gasteiger partial charge in [0.05, 0.1) is 22.8 Å². The number of benzene rings is 2. The zero-order chi connectivity index (χ0) is 19.6. The molecule has 1 saturated heterocycles. The Morgan fingerprint density at radius 3 is 2.26 bits per heavy atom. The van der Waals surface area contributed by atoms with Crippen LogP contribution in [0, 0.1) is 5.82 Å². The molecular weight excluding hydrogens is 371 g/mol. The van der Waals surface area contributed by atoms with E-state index < -0.39 is 15.8 Å². The monoisotopic (exact) mass is 392 g/mol. The van der Waals surface area contributed by atoms with E-state index in [4.69, 9.17) is 4.74 Å². The van der Waals surface area contributed by atoms with E-state index in [9.17, 15) is 17.6 Å². The van der Waals surface area contributed by atoms with Gasteiger partial charge in [0.2, 0.25) is 0 Å². The summed E-state index contributed by atoms with van der Waals surface area (Å²) in [7, 11) is -3.96. The van der Waals surface area contributed by atoms with Crippen LogP contribution in [0.3, 0.4) is 0 Å². The molecule has 0 aromatic heterocycles. The van der Waals surface area contributed by atoms with Gasteiger partial charge in [-0.2, -0.15) is 0 Å². The Morgan fingerprint density at radius 1 is 1.07 bits per heavy atom. The Bertz CT molecular complexity index is 921. The molecule has 2 aromatic carbocycles. The minimum Gasteiger partial charge on any atom is -0.372 e. The van der Waals surface area contributed by atoms with E-state index in [-0.39, 0.29) is 28.7 Å². The van der Waals surface area contributed by atoms with Crippen LogP contribution in [0.1, 0.15) is 24.2 Å². The maximum absolute atomic E-state index is 13.7. The fraction of sp³-hybridized carbons (Fsp3) is 0.316. The fourth-order valence-electron chi connectivity index (χ4n) is 3.05. The summed E-state index contributed by atoms with van der Waals surface area (Å²) in [5, 5.41) is 0. The number of rotatable bonds is 4. The molecule has 8 heteroatoms. The van der Waals surface area contributed by atoms with Gasteiger partial charge >= 0.3 is 0 Å². The molecule has 1 aliphatic heterocycles. The first-order chi connectivity index (χ1) is 12.8. The van der Waals surface area contributed by atoms with Gasteiger partial charge in [-0.1, -0.05) is 12.1 Å². The summed E-state index contributed by atoms with van der Waals surface area (Å²) in [5.41, 5.74) is 0.259. The SMILES string of the molecule is C[C@H]1CN(C(=O)c2ccc(S(=O)(=O)Nc3ccccc3F)cc2)C[C@H](C)O1. The number of hydrogen-bond donors (Lipinski definition) is 1. The summed E-state index contributed by atoms with van der Waals surface area (Å²) in [6.07, 6.45) is -0.107. The predicted octanol–water partition coefficient (Wildman–Crippen LogP) is 2.88. The number of nitrogens with zero attached hydrogens (tertiary/aromatic N) is 1. The van der Waals surface area contributed by atoms with Crippen LogP contribution in [0.15, 0.2) is 53.4 Å². The van der Waals surface area contributed by atoms with Crippen LogP contribution in [0.5, 0.6) is 0 Å². The largest absolute Gasteiger partial charge is 0.372 e. The number of ether oxygens (including phenoxy) is 1. The minimum absolute atomic E-state index is 0.0500. The zero-order valence-corrected chi connectivity index (χ0v) is 15.9. The van der Waals surface area contributed by atoms with Crippen molar-refractivity contribution in [1.82, 2.24) is 4.90 Å². The first kappa shape index (κ1) is 19.3. The van der Waals surface area contributed by atoms with E-state index in [1.54, 1.807) is 4.90 Å². The molecule has 0 radical (unpaired) electrons. The average Bonchev–Trinajstić information content (AvgIpc) is 2.62. The van der Waals surface area contributed by atoms with Crippen LogP contribution in [-0.4, -0.2) is 44.5 Å². The Labute approximate surface area is 158 Å². The third-order valence-corrected chi connectivity index (χ3v) is 5.62. The van der Waals surface area contributed by atoms with E-state index in [0.29, 0.717) is 18.7 Å². The first-order valence-electron chi connectivity index (χ1n) is 8.58. The highest BCUT2D eigenvalue weighted by atomic mass is 32.2. The Morgan fingerprint density at radius 2 is 1.67 bits per heavy atom. The normalized spacial score (nSPS) is 20.3. The lowest BCUT2D eigenvalue weighted by atomic mass is 10.1. The Hall–Kier alpha value is -2.45. The van der Waals surface area contributed by atoms with Gasteiger partial charge in [0, 0.05) is 18.7 Å². The number of para-hydroxylation sites is 1. The topological polar surface area (TPSA) is 75.7 Å². The van der Waals surface area contributed by atoms with Crippen LogP contribution < -0.4 is 4.72 Å². The van der Waals surface area contributed by atoms with Crippen LogP contribution in [-0.2, 0) is 14.8 Å². The van der Waals surface area contributed by atoms with Crippen molar-refractivity contribution in [2.24, 2.45) is 0 Å². The van der Waals surface area contributed by atoms with Crippen molar-refractivity contribution in [3.8, 4) is 0 Å². The van der Waals surface area contributed by atoms with Gasteiger partial charge in [0.1, 0.15) is 5.82 Å². The van der Waals surface area contributed by atoms with Crippen LogP contribution in [0.2, 0.25) is 0 Å². The van der Waals surface area contributed by atoms with Crippen LogP contribution >= 0.6 is 0 Å². The number of anilines is 1. The number of amides is 1. The van der Waals surface area contributed by atoms with Crippen molar-refractivity contribution < 1.29 is 22.3 Å².